The molecule has 0 spiro atoms. The summed E-state index contributed by atoms with van der Waals surface area (Å²) < 4.78 is 9.51. The Morgan fingerprint density at radius 1 is 1.08 bits per heavy atom. The van der Waals surface area contributed by atoms with Crippen LogP contribution in [0.25, 0.3) is 11.0 Å². The molecule has 0 aliphatic heterocycles. The summed E-state index contributed by atoms with van der Waals surface area (Å²) >= 11 is 13.8. The summed E-state index contributed by atoms with van der Waals surface area (Å²) in [6.45, 7) is 0.483. The van der Waals surface area contributed by atoms with Gasteiger partial charge in [-0.05, 0) is 51.4 Å². The van der Waals surface area contributed by atoms with Gasteiger partial charge < -0.3 is 5.32 Å². The van der Waals surface area contributed by atoms with Crippen LogP contribution in [0.5, 0.6) is 0 Å². The monoisotopic (exact) mass is 432 g/mol. The molecule has 0 aliphatic rings. The van der Waals surface area contributed by atoms with E-state index in [9.17, 15) is 14.7 Å². The molecule has 0 aliphatic carbocycles. The van der Waals surface area contributed by atoms with Gasteiger partial charge in [0.15, 0.2) is 0 Å². The van der Waals surface area contributed by atoms with Crippen molar-refractivity contribution in [2.75, 3.05) is 5.32 Å². The highest BCUT2D eigenvalue weighted by Crippen LogP contribution is 2.61. The Hall–Kier alpha value is -1.92. The maximum absolute atomic E-state index is 11.2. The van der Waals surface area contributed by atoms with Gasteiger partial charge in [0.25, 0.3) is 0 Å². The number of benzene rings is 1. The van der Waals surface area contributed by atoms with Crippen LogP contribution in [-0.2, 0) is 11.1 Å². The molecule has 0 unspecified atom stereocenters. The van der Waals surface area contributed by atoms with Crippen molar-refractivity contribution < 1.29 is 9.49 Å². The first-order chi connectivity index (χ1) is 12.3. The van der Waals surface area contributed by atoms with Crippen molar-refractivity contribution in [3.05, 3.63) is 70.5 Å². The molecule has 0 saturated carbocycles. The van der Waals surface area contributed by atoms with Crippen molar-refractivity contribution in [3.8, 4) is 0 Å². The summed E-state index contributed by atoms with van der Waals surface area (Å²) in [5.74, 6) is 0. The van der Waals surface area contributed by atoms with E-state index in [0.717, 1.165) is 5.56 Å². The normalized spacial score (nSPS) is 10.7. The summed E-state index contributed by atoms with van der Waals surface area (Å²) in [6, 6.07) is 13.2. The molecule has 26 heavy (non-hydrogen) atoms. The predicted octanol–water partition coefficient (Wildman–Crippen LogP) is 5.96. The number of hydrogen-bond donors (Lipinski definition) is 1. The molecule has 0 saturated heterocycles. The van der Waals surface area contributed by atoms with E-state index < -0.39 is 10.1 Å². The minimum atomic E-state index is -3.22. The van der Waals surface area contributed by atoms with Gasteiger partial charge in [0.05, 0.1) is 10.4 Å². The second-order valence-electron chi connectivity index (χ2n) is 4.88. The second kappa shape index (κ2) is 9.14. The highest BCUT2D eigenvalue weighted by Gasteiger charge is 2.18. The number of nitro groups is 1. The minimum absolute atomic E-state index is 0.0721. The third-order valence-electron chi connectivity index (χ3n) is 3.11. The third-order valence-corrected chi connectivity index (χ3v) is 3.11. The lowest BCUT2D eigenvalue weighted by Crippen LogP contribution is -2.04. The first kappa shape index (κ1) is 20.4. The van der Waals surface area contributed by atoms with Crippen LogP contribution in [0, 0.1) is 10.1 Å². The second-order valence-corrected chi connectivity index (χ2v) is 11.5. The van der Waals surface area contributed by atoms with Gasteiger partial charge in [0.1, 0.15) is 17.4 Å². The quantitative estimate of drug-likeness (QED) is 0.310. The Kier molecular flexibility index (Phi) is 7.17. The van der Waals surface area contributed by atoms with Crippen LogP contribution in [0.1, 0.15) is 5.56 Å². The Balaban J connectivity index is 0.000000431. The molecule has 0 atom stereocenters. The van der Waals surface area contributed by atoms with E-state index in [-0.39, 0.29) is 5.69 Å². The van der Waals surface area contributed by atoms with Crippen LogP contribution in [0.15, 0.2) is 54.9 Å². The summed E-state index contributed by atoms with van der Waals surface area (Å²) in [5, 5.41) is 11.1. The number of hydrogen-bond acceptors (Lipinski definition) is 6. The van der Waals surface area contributed by atoms with Crippen LogP contribution in [0.3, 0.4) is 0 Å². The third kappa shape index (κ3) is 6.42. The van der Waals surface area contributed by atoms with Crippen molar-refractivity contribution in [1.82, 2.24) is 9.97 Å². The molecule has 0 radical (unpaired) electrons. The SMILES string of the molecule is O=P(Cl)(Cl)Cl.O=[N+]([O-])c1cnc2cccnc2c1NCc1ccccc1. The molecule has 0 fully saturated rings. The molecule has 2 heterocycles. The minimum Gasteiger partial charge on any atom is -0.374 e. The van der Waals surface area contributed by atoms with E-state index in [1.807, 2.05) is 30.3 Å². The molecule has 2 aromatic heterocycles. The lowest BCUT2D eigenvalue weighted by molar-refractivity contribution is -0.384. The van der Waals surface area contributed by atoms with Crippen molar-refractivity contribution in [3.63, 3.8) is 0 Å². The average molecular weight is 434 g/mol. The van der Waals surface area contributed by atoms with E-state index >= 15 is 0 Å². The zero-order valence-electron chi connectivity index (χ0n) is 13.1. The number of nitrogens with zero attached hydrogens (tertiary/aromatic N) is 3. The van der Waals surface area contributed by atoms with E-state index in [1.165, 1.54) is 6.20 Å². The van der Waals surface area contributed by atoms with Gasteiger partial charge in [-0.3, -0.25) is 19.7 Å². The van der Waals surface area contributed by atoms with Gasteiger partial charge in [0, 0.05) is 12.7 Å². The average Bonchev–Trinajstić information content (AvgIpc) is 2.58. The van der Waals surface area contributed by atoms with Crippen molar-refractivity contribution in [2.24, 2.45) is 0 Å². The smallest absolute Gasteiger partial charge is 0.339 e. The fraction of sp³-hybridized carbons (Fsp3) is 0.0667. The summed E-state index contributed by atoms with van der Waals surface area (Å²) in [6.07, 6.45) is 2.86. The topological polar surface area (TPSA) is 98.0 Å². The van der Waals surface area contributed by atoms with Crippen LogP contribution in [-0.4, -0.2) is 14.9 Å². The molecular formula is C15H12Cl3N4O3P. The van der Waals surface area contributed by atoms with Gasteiger partial charge in [-0.2, -0.15) is 0 Å². The Morgan fingerprint density at radius 2 is 1.73 bits per heavy atom. The Labute approximate surface area is 163 Å². The van der Waals surface area contributed by atoms with E-state index in [4.69, 9.17) is 0 Å². The fourth-order valence-electron chi connectivity index (χ4n) is 2.11. The number of rotatable bonds is 4. The van der Waals surface area contributed by atoms with Crippen LogP contribution < -0.4 is 5.32 Å². The number of halogens is 3. The first-order valence-electron chi connectivity index (χ1n) is 7.10. The number of nitrogens with one attached hydrogen (secondary N) is 1. The molecule has 0 bridgehead atoms. The van der Waals surface area contributed by atoms with E-state index in [0.29, 0.717) is 23.3 Å². The fourth-order valence-corrected chi connectivity index (χ4v) is 2.11. The highest BCUT2D eigenvalue weighted by atomic mass is 36.0. The number of anilines is 1. The Morgan fingerprint density at radius 3 is 2.35 bits per heavy atom. The molecule has 0 amide bonds. The number of pyridine rings is 2. The molecule has 1 aromatic carbocycles. The molecular weight excluding hydrogens is 422 g/mol. The predicted molar refractivity (Wildman–Crippen MR) is 105 cm³/mol. The van der Waals surface area contributed by atoms with Crippen molar-refractivity contribution >= 4 is 61.3 Å². The maximum Gasteiger partial charge on any atom is 0.339 e. The highest BCUT2D eigenvalue weighted by molar-refractivity contribution is 8.24. The van der Waals surface area contributed by atoms with Crippen LogP contribution >= 0.6 is 38.9 Å². The van der Waals surface area contributed by atoms with Crippen molar-refractivity contribution in [1.29, 1.82) is 0 Å². The summed E-state index contributed by atoms with van der Waals surface area (Å²) in [4.78, 5) is 19.0. The molecule has 3 aromatic rings. The molecule has 1 N–H and O–H groups in total. The van der Waals surface area contributed by atoms with E-state index in [1.54, 1.807) is 18.3 Å². The lowest BCUT2D eigenvalue weighted by atomic mass is 10.2. The van der Waals surface area contributed by atoms with Crippen LogP contribution in [0.2, 0.25) is 0 Å². The largest absolute Gasteiger partial charge is 0.374 e. The Bertz CT molecular complexity index is 945. The first-order valence-corrected chi connectivity index (χ1v) is 11.5. The maximum atomic E-state index is 11.2. The van der Waals surface area contributed by atoms with E-state index in [2.05, 4.69) is 49.0 Å². The lowest BCUT2D eigenvalue weighted by Gasteiger charge is -2.09. The van der Waals surface area contributed by atoms with Crippen LogP contribution in [0.4, 0.5) is 11.4 Å². The van der Waals surface area contributed by atoms with Crippen molar-refractivity contribution in [2.45, 2.75) is 6.54 Å². The van der Waals surface area contributed by atoms with Gasteiger partial charge in [0.2, 0.25) is 0 Å². The molecule has 3 rings (SSSR count). The number of aromatic nitrogens is 2. The summed E-state index contributed by atoms with van der Waals surface area (Å²) in [5.41, 5.74) is 2.49. The standard InChI is InChI=1S/C15H12N4O2.Cl3OP/c20-19(21)13-10-17-12-7-4-8-16-14(12)15(13)18-9-11-5-2-1-3-6-11;1-5(2,3)4/h1-8,10H,9H2,(H,17,18);. The summed E-state index contributed by atoms with van der Waals surface area (Å²) in [7, 11) is 0. The van der Waals surface area contributed by atoms with Gasteiger partial charge in [-0.1, -0.05) is 30.3 Å². The zero-order valence-corrected chi connectivity index (χ0v) is 16.2. The molecule has 136 valence electrons. The number of fused-ring (bicyclic) bond motifs is 1. The van der Waals surface area contributed by atoms with Gasteiger partial charge in [-0.25, -0.2) is 4.98 Å². The van der Waals surface area contributed by atoms with Gasteiger partial charge >= 0.3 is 10.9 Å². The molecule has 11 heteroatoms. The van der Waals surface area contributed by atoms with Gasteiger partial charge in [-0.15, -0.1) is 0 Å². The molecule has 7 nitrogen and oxygen atoms in total. The zero-order chi connectivity index (χ0) is 19.2.